The maximum atomic E-state index is 12.9. The van der Waals surface area contributed by atoms with Crippen molar-refractivity contribution >= 4 is 16.6 Å². The lowest BCUT2D eigenvalue weighted by molar-refractivity contribution is -0.137. The van der Waals surface area contributed by atoms with Gasteiger partial charge in [-0.3, -0.25) is 0 Å². The van der Waals surface area contributed by atoms with Crippen LogP contribution in [0.5, 0.6) is 5.75 Å². The van der Waals surface area contributed by atoms with E-state index in [1.54, 1.807) is 0 Å². The molecule has 146 valence electrons. The van der Waals surface area contributed by atoms with Gasteiger partial charge in [0.25, 0.3) is 0 Å². The summed E-state index contributed by atoms with van der Waals surface area (Å²) in [6.07, 6.45) is -2.43. The molecule has 0 amide bonds. The lowest BCUT2D eigenvalue weighted by Crippen LogP contribution is -2.38. The molecule has 0 bridgehead atoms. The molecule has 1 aromatic heterocycles. The van der Waals surface area contributed by atoms with Crippen molar-refractivity contribution in [2.75, 3.05) is 18.4 Å². The van der Waals surface area contributed by atoms with Crippen molar-refractivity contribution in [1.29, 1.82) is 0 Å². The lowest BCUT2D eigenvalue weighted by Gasteiger charge is -2.24. The highest BCUT2D eigenvalue weighted by Gasteiger charge is 2.31. The lowest BCUT2D eigenvalue weighted by atomic mass is 10.0. The molecule has 3 aromatic rings. The highest BCUT2D eigenvalue weighted by Crippen LogP contribution is 2.38. The molecule has 3 N–H and O–H groups in total. The molecule has 28 heavy (non-hydrogen) atoms. The monoisotopic (exact) mass is 388 g/mol. The predicted octanol–water partition coefficient (Wildman–Crippen LogP) is 4.19. The predicted molar refractivity (Wildman–Crippen MR) is 101 cm³/mol. The first kappa shape index (κ1) is 18.5. The van der Waals surface area contributed by atoms with E-state index in [9.17, 15) is 18.3 Å². The van der Waals surface area contributed by atoms with E-state index in [4.69, 9.17) is 0 Å². The second-order valence-electron chi connectivity index (χ2n) is 6.86. The van der Waals surface area contributed by atoms with Gasteiger partial charge in [-0.2, -0.15) is 13.2 Å². The number of benzene rings is 2. The molecule has 0 aliphatic carbocycles. The highest BCUT2D eigenvalue weighted by molar-refractivity contribution is 6.00. The first-order valence-electron chi connectivity index (χ1n) is 9.07. The van der Waals surface area contributed by atoms with Gasteiger partial charge in [0, 0.05) is 28.9 Å². The second kappa shape index (κ2) is 7.27. The minimum atomic E-state index is -4.52. The number of rotatable bonds is 3. The number of nitrogens with one attached hydrogen (secondary N) is 2. The number of aromatic nitrogens is 2. The van der Waals surface area contributed by atoms with Crippen molar-refractivity contribution in [2.45, 2.75) is 25.1 Å². The molecular formula is C20H19F3N4O. The number of alkyl halides is 3. The first-order valence-corrected chi connectivity index (χ1v) is 9.07. The maximum absolute atomic E-state index is 12.9. The number of phenolic OH excluding ortho intramolecular Hbond substituents is 1. The van der Waals surface area contributed by atoms with E-state index in [0.29, 0.717) is 23.0 Å². The zero-order valence-corrected chi connectivity index (χ0v) is 14.9. The van der Waals surface area contributed by atoms with Crippen LogP contribution in [0.15, 0.2) is 42.5 Å². The molecule has 5 nitrogen and oxygen atoms in total. The van der Waals surface area contributed by atoms with Crippen LogP contribution in [0.25, 0.3) is 22.0 Å². The van der Waals surface area contributed by atoms with E-state index in [-0.39, 0.29) is 11.6 Å². The Morgan fingerprint density at radius 1 is 1.07 bits per heavy atom. The van der Waals surface area contributed by atoms with E-state index in [0.717, 1.165) is 37.4 Å². The van der Waals surface area contributed by atoms with Gasteiger partial charge in [0.15, 0.2) is 5.82 Å². The maximum Gasteiger partial charge on any atom is 0.416 e. The van der Waals surface area contributed by atoms with E-state index in [1.165, 1.54) is 6.07 Å². The van der Waals surface area contributed by atoms with Crippen LogP contribution in [0.3, 0.4) is 0 Å². The van der Waals surface area contributed by atoms with E-state index in [2.05, 4.69) is 20.8 Å². The van der Waals surface area contributed by atoms with Gasteiger partial charge in [0.05, 0.1) is 5.56 Å². The van der Waals surface area contributed by atoms with Crippen molar-refractivity contribution in [3.63, 3.8) is 0 Å². The van der Waals surface area contributed by atoms with Crippen LogP contribution in [0, 0.1) is 0 Å². The molecule has 2 heterocycles. The minimum absolute atomic E-state index is 0.211. The van der Waals surface area contributed by atoms with Gasteiger partial charge in [-0.05, 0) is 37.6 Å². The van der Waals surface area contributed by atoms with Crippen molar-refractivity contribution in [1.82, 2.24) is 15.5 Å². The minimum Gasteiger partial charge on any atom is -0.507 e. The van der Waals surface area contributed by atoms with Crippen molar-refractivity contribution in [3.8, 4) is 17.0 Å². The third-order valence-electron chi connectivity index (χ3n) is 4.91. The van der Waals surface area contributed by atoms with Crippen LogP contribution >= 0.6 is 0 Å². The Morgan fingerprint density at radius 2 is 1.86 bits per heavy atom. The molecule has 1 fully saturated rings. The van der Waals surface area contributed by atoms with Crippen molar-refractivity contribution in [3.05, 3.63) is 48.0 Å². The summed E-state index contributed by atoms with van der Waals surface area (Å²) in [5.41, 5.74) is -0.356. The number of halogens is 3. The molecule has 1 aliphatic heterocycles. The number of hydrogen-bond acceptors (Lipinski definition) is 5. The largest absolute Gasteiger partial charge is 0.507 e. The number of anilines is 1. The summed E-state index contributed by atoms with van der Waals surface area (Å²) < 4.78 is 38.6. The van der Waals surface area contributed by atoms with Crippen LogP contribution in [-0.4, -0.2) is 34.4 Å². The standard InChI is InChI=1S/C20H19F3N4O/c21-20(22,23)12-7-8-16(17(28)10-12)18-14-5-1-2-6-15(14)19(27-26-18)25-13-4-3-9-24-11-13/h1-2,5-8,10,13,24,28H,3-4,9,11H2,(H,25,27). The molecule has 1 saturated heterocycles. The summed E-state index contributed by atoms with van der Waals surface area (Å²) in [7, 11) is 0. The molecule has 1 aliphatic rings. The Kier molecular flexibility index (Phi) is 4.80. The molecular weight excluding hydrogens is 369 g/mol. The number of nitrogens with zero attached hydrogens (tertiary/aromatic N) is 2. The van der Waals surface area contributed by atoms with Gasteiger partial charge in [0.1, 0.15) is 11.4 Å². The molecule has 2 aromatic carbocycles. The molecule has 1 atom stereocenters. The average molecular weight is 388 g/mol. The number of aromatic hydroxyl groups is 1. The van der Waals surface area contributed by atoms with Crippen LogP contribution in [0.2, 0.25) is 0 Å². The number of piperidine rings is 1. The Hall–Kier alpha value is -2.87. The highest BCUT2D eigenvalue weighted by atomic mass is 19.4. The fourth-order valence-electron chi connectivity index (χ4n) is 3.49. The Morgan fingerprint density at radius 3 is 2.54 bits per heavy atom. The third kappa shape index (κ3) is 3.60. The molecule has 0 radical (unpaired) electrons. The molecule has 0 spiro atoms. The Bertz CT molecular complexity index is 1000. The number of phenols is 1. The van der Waals surface area contributed by atoms with Gasteiger partial charge >= 0.3 is 6.18 Å². The van der Waals surface area contributed by atoms with Crippen LogP contribution in [0.4, 0.5) is 19.0 Å². The summed E-state index contributed by atoms with van der Waals surface area (Å²) in [6.45, 7) is 1.83. The second-order valence-corrected chi connectivity index (χ2v) is 6.86. The van der Waals surface area contributed by atoms with Gasteiger partial charge in [-0.25, -0.2) is 0 Å². The molecule has 0 saturated carbocycles. The summed E-state index contributed by atoms with van der Waals surface area (Å²) in [4.78, 5) is 0. The van der Waals surface area contributed by atoms with Crippen LogP contribution in [-0.2, 0) is 6.18 Å². The quantitative estimate of drug-likeness (QED) is 0.628. The summed E-state index contributed by atoms with van der Waals surface area (Å²) in [6, 6.07) is 10.5. The van der Waals surface area contributed by atoms with Crippen molar-refractivity contribution in [2.24, 2.45) is 0 Å². The van der Waals surface area contributed by atoms with Crippen molar-refractivity contribution < 1.29 is 18.3 Å². The zero-order chi connectivity index (χ0) is 19.7. The first-order chi connectivity index (χ1) is 13.4. The topological polar surface area (TPSA) is 70.1 Å². The average Bonchev–Trinajstić information content (AvgIpc) is 2.69. The molecule has 1 unspecified atom stereocenters. The summed E-state index contributed by atoms with van der Waals surface area (Å²) in [5.74, 6) is 0.144. The van der Waals surface area contributed by atoms with Crippen LogP contribution < -0.4 is 10.6 Å². The van der Waals surface area contributed by atoms with Gasteiger partial charge in [-0.15, -0.1) is 10.2 Å². The Balaban J connectivity index is 1.76. The summed E-state index contributed by atoms with van der Waals surface area (Å²) in [5, 5.41) is 26.9. The van der Waals surface area contributed by atoms with Gasteiger partial charge < -0.3 is 15.7 Å². The third-order valence-corrected chi connectivity index (χ3v) is 4.91. The number of hydrogen-bond donors (Lipinski definition) is 3. The summed E-state index contributed by atoms with van der Waals surface area (Å²) >= 11 is 0. The van der Waals surface area contributed by atoms with Gasteiger partial charge in [-0.1, -0.05) is 24.3 Å². The fraction of sp³-hybridized carbons (Fsp3) is 0.300. The fourth-order valence-corrected chi connectivity index (χ4v) is 3.49. The molecule has 8 heteroatoms. The van der Waals surface area contributed by atoms with Gasteiger partial charge in [0.2, 0.25) is 0 Å². The van der Waals surface area contributed by atoms with E-state index < -0.39 is 17.5 Å². The van der Waals surface area contributed by atoms with E-state index in [1.807, 2.05) is 24.3 Å². The smallest absolute Gasteiger partial charge is 0.416 e. The Labute approximate surface area is 159 Å². The molecule has 4 rings (SSSR count). The SMILES string of the molecule is Oc1cc(C(F)(F)F)ccc1-c1nnc(NC2CCCNC2)c2ccccc12. The normalized spacial score (nSPS) is 17.6. The van der Waals surface area contributed by atoms with Crippen LogP contribution in [0.1, 0.15) is 18.4 Å². The number of fused-ring (bicyclic) bond motifs is 1. The van der Waals surface area contributed by atoms with E-state index >= 15 is 0 Å². The zero-order valence-electron chi connectivity index (χ0n) is 14.9.